The molecule has 0 bridgehead atoms. The molecule has 0 saturated carbocycles. The summed E-state index contributed by atoms with van der Waals surface area (Å²) in [5.74, 6) is -0.163. The van der Waals surface area contributed by atoms with Crippen LogP contribution < -0.4 is 5.32 Å². The smallest absolute Gasteiger partial charge is 0.267 e. The highest BCUT2D eigenvalue weighted by molar-refractivity contribution is 7.17. The minimum Gasteiger partial charge on any atom is -0.321 e. The van der Waals surface area contributed by atoms with Crippen LogP contribution >= 0.6 is 11.3 Å². The molecule has 0 aliphatic carbocycles. The average molecular weight is 412 g/mol. The summed E-state index contributed by atoms with van der Waals surface area (Å²) in [4.78, 5) is 17.9. The van der Waals surface area contributed by atoms with Crippen LogP contribution in [0, 0.1) is 6.92 Å². The molecule has 3 heterocycles. The molecule has 1 N–H and O–H groups in total. The number of nitrogens with one attached hydrogen (secondary N) is 1. The van der Waals surface area contributed by atoms with Gasteiger partial charge >= 0.3 is 0 Å². The predicted octanol–water partition coefficient (Wildman–Crippen LogP) is 4.48. The minimum absolute atomic E-state index is 0.163. The number of carbonyl (C=O) groups is 1. The molecule has 146 valence electrons. The SMILES string of the molecule is Cc1nc(-c2ccccc2)sc1C(=O)Nc1ccc(-c2ccc3nncn3n2)cc1. The van der Waals surface area contributed by atoms with E-state index in [2.05, 4.69) is 25.6 Å². The molecule has 0 unspecified atom stereocenters. The van der Waals surface area contributed by atoms with Crippen LogP contribution in [0.4, 0.5) is 5.69 Å². The van der Waals surface area contributed by atoms with Gasteiger partial charge < -0.3 is 5.32 Å². The van der Waals surface area contributed by atoms with Gasteiger partial charge in [-0.25, -0.2) is 4.98 Å². The molecule has 0 atom stereocenters. The fourth-order valence-corrected chi connectivity index (χ4v) is 4.07. The number of nitrogens with zero attached hydrogens (tertiary/aromatic N) is 5. The van der Waals surface area contributed by atoms with Crippen LogP contribution in [0.1, 0.15) is 15.4 Å². The third kappa shape index (κ3) is 3.44. The van der Waals surface area contributed by atoms with Crippen LogP contribution in [-0.2, 0) is 0 Å². The van der Waals surface area contributed by atoms with E-state index >= 15 is 0 Å². The maximum Gasteiger partial charge on any atom is 0.267 e. The Morgan fingerprint density at radius 1 is 0.967 bits per heavy atom. The first kappa shape index (κ1) is 18.1. The average Bonchev–Trinajstić information content (AvgIpc) is 3.41. The van der Waals surface area contributed by atoms with Crippen LogP contribution in [-0.4, -0.2) is 30.7 Å². The first-order chi connectivity index (χ1) is 14.7. The van der Waals surface area contributed by atoms with Gasteiger partial charge in [0.05, 0.1) is 11.4 Å². The Hall–Kier alpha value is -3.91. The quantitative estimate of drug-likeness (QED) is 0.471. The number of aryl methyl sites for hydroxylation is 1. The van der Waals surface area contributed by atoms with Crippen molar-refractivity contribution in [2.24, 2.45) is 0 Å². The number of fused-ring (bicyclic) bond motifs is 1. The lowest BCUT2D eigenvalue weighted by Crippen LogP contribution is -2.11. The number of amides is 1. The summed E-state index contributed by atoms with van der Waals surface area (Å²) >= 11 is 1.39. The normalized spacial score (nSPS) is 11.0. The maximum absolute atomic E-state index is 12.8. The van der Waals surface area contributed by atoms with Gasteiger partial charge in [-0.1, -0.05) is 42.5 Å². The van der Waals surface area contributed by atoms with E-state index in [0.29, 0.717) is 16.2 Å². The van der Waals surface area contributed by atoms with Crippen molar-refractivity contribution in [3.63, 3.8) is 0 Å². The van der Waals surface area contributed by atoms with E-state index < -0.39 is 0 Å². The first-order valence-electron chi connectivity index (χ1n) is 9.29. The molecule has 5 rings (SSSR count). The number of hydrogen-bond acceptors (Lipinski definition) is 6. The van der Waals surface area contributed by atoms with E-state index in [0.717, 1.165) is 27.5 Å². The summed E-state index contributed by atoms with van der Waals surface area (Å²) in [6.07, 6.45) is 1.56. The number of aromatic nitrogens is 5. The zero-order valence-corrected chi connectivity index (χ0v) is 16.8. The van der Waals surface area contributed by atoms with Crippen molar-refractivity contribution in [3.05, 3.63) is 83.6 Å². The van der Waals surface area contributed by atoms with Gasteiger partial charge in [0.2, 0.25) is 0 Å². The third-order valence-corrected chi connectivity index (χ3v) is 5.83. The van der Waals surface area contributed by atoms with E-state index in [-0.39, 0.29) is 5.91 Å². The van der Waals surface area contributed by atoms with E-state index in [1.54, 1.807) is 10.8 Å². The van der Waals surface area contributed by atoms with Gasteiger partial charge in [0, 0.05) is 16.8 Å². The van der Waals surface area contributed by atoms with Crippen molar-refractivity contribution in [1.82, 2.24) is 24.8 Å². The largest absolute Gasteiger partial charge is 0.321 e. The number of rotatable bonds is 4. The lowest BCUT2D eigenvalue weighted by Gasteiger charge is -2.06. The summed E-state index contributed by atoms with van der Waals surface area (Å²) in [6, 6.07) is 21.2. The van der Waals surface area contributed by atoms with Gasteiger partial charge in [0.15, 0.2) is 5.65 Å². The number of hydrogen-bond donors (Lipinski definition) is 1. The van der Waals surface area contributed by atoms with Crippen LogP contribution in [0.15, 0.2) is 73.1 Å². The standard InChI is InChI=1S/C22H16N6OS/c1-14-20(30-22(24-14)16-5-3-2-4-6-16)21(29)25-17-9-7-15(8-10-17)18-11-12-19-26-23-13-28(19)27-18/h2-13H,1H3,(H,25,29). The van der Waals surface area contributed by atoms with Crippen molar-refractivity contribution in [3.8, 4) is 21.8 Å². The molecular weight excluding hydrogens is 396 g/mol. The Kier molecular flexibility index (Phi) is 4.53. The van der Waals surface area contributed by atoms with Crippen molar-refractivity contribution in [2.45, 2.75) is 6.92 Å². The second-order valence-corrected chi connectivity index (χ2v) is 7.68. The number of carbonyl (C=O) groups excluding carboxylic acids is 1. The predicted molar refractivity (Wildman–Crippen MR) is 116 cm³/mol. The minimum atomic E-state index is -0.163. The molecule has 3 aromatic heterocycles. The van der Waals surface area contributed by atoms with Crippen LogP contribution in [0.2, 0.25) is 0 Å². The molecular formula is C22H16N6OS. The second kappa shape index (κ2) is 7.49. The van der Waals surface area contributed by atoms with Gasteiger partial charge in [-0.15, -0.1) is 21.5 Å². The van der Waals surface area contributed by atoms with E-state index in [1.165, 1.54) is 11.3 Å². The molecule has 5 aromatic rings. The number of thiazole rings is 1. The van der Waals surface area contributed by atoms with Crippen molar-refractivity contribution >= 4 is 28.6 Å². The highest BCUT2D eigenvalue weighted by Crippen LogP contribution is 2.28. The van der Waals surface area contributed by atoms with Gasteiger partial charge in [-0.2, -0.15) is 9.61 Å². The van der Waals surface area contributed by atoms with Gasteiger partial charge in [0.25, 0.3) is 5.91 Å². The Bertz CT molecular complexity index is 1340. The molecule has 0 spiro atoms. The highest BCUT2D eigenvalue weighted by Gasteiger charge is 2.16. The molecule has 2 aromatic carbocycles. The molecule has 8 heteroatoms. The van der Waals surface area contributed by atoms with Gasteiger partial charge in [-0.3, -0.25) is 4.79 Å². The fraction of sp³-hybridized carbons (Fsp3) is 0.0455. The van der Waals surface area contributed by atoms with Crippen molar-refractivity contribution in [2.75, 3.05) is 5.32 Å². The highest BCUT2D eigenvalue weighted by atomic mass is 32.1. The zero-order chi connectivity index (χ0) is 20.5. The van der Waals surface area contributed by atoms with E-state index in [1.807, 2.05) is 73.7 Å². The van der Waals surface area contributed by atoms with Crippen molar-refractivity contribution < 1.29 is 4.79 Å². The van der Waals surface area contributed by atoms with Crippen molar-refractivity contribution in [1.29, 1.82) is 0 Å². The van der Waals surface area contributed by atoms with E-state index in [4.69, 9.17) is 0 Å². The van der Waals surface area contributed by atoms with Gasteiger partial charge in [-0.05, 0) is 31.2 Å². The molecule has 1 amide bonds. The molecule has 0 aliphatic heterocycles. The van der Waals surface area contributed by atoms with Crippen LogP contribution in [0.25, 0.3) is 27.5 Å². The lowest BCUT2D eigenvalue weighted by atomic mass is 10.1. The summed E-state index contributed by atoms with van der Waals surface area (Å²) < 4.78 is 1.63. The first-order valence-corrected chi connectivity index (χ1v) is 10.1. The second-order valence-electron chi connectivity index (χ2n) is 6.68. The lowest BCUT2D eigenvalue weighted by molar-refractivity contribution is 0.103. The van der Waals surface area contributed by atoms with E-state index in [9.17, 15) is 4.79 Å². The molecule has 0 saturated heterocycles. The number of anilines is 1. The Balaban J connectivity index is 1.35. The summed E-state index contributed by atoms with van der Waals surface area (Å²) in [5.41, 5.74) is 4.86. The van der Waals surface area contributed by atoms with Crippen LogP contribution in [0.5, 0.6) is 0 Å². The molecule has 0 fully saturated rings. The fourth-order valence-electron chi connectivity index (χ4n) is 3.11. The van der Waals surface area contributed by atoms with Gasteiger partial charge in [0.1, 0.15) is 16.2 Å². The Morgan fingerprint density at radius 3 is 2.57 bits per heavy atom. The molecule has 0 radical (unpaired) electrons. The monoisotopic (exact) mass is 412 g/mol. The topological polar surface area (TPSA) is 85.1 Å². The van der Waals surface area contributed by atoms with Crippen LogP contribution in [0.3, 0.4) is 0 Å². The summed E-state index contributed by atoms with van der Waals surface area (Å²) in [6.45, 7) is 1.85. The summed E-state index contributed by atoms with van der Waals surface area (Å²) in [7, 11) is 0. The number of benzene rings is 2. The third-order valence-electron chi connectivity index (χ3n) is 4.62. The zero-order valence-electron chi connectivity index (χ0n) is 16.0. The summed E-state index contributed by atoms with van der Waals surface area (Å²) in [5, 5.41) is 16.1. The Labute approximate surface area is 176 Å². The maximum atomic E-state index is 12.8. The molecule has 0 aliphatic rings. The molecule has 30 heavy (non-hydrogen) atoms. The Morgan fingerprint density at radius 2 is 1.77 bits per heavy atom. The molecule has 7 nitrogen and oxygen atoms in total.